The number of rotatable bonds is 3. The fourth-order valence-corrected chi connectivity index (χ4v) is 1.27. The second kappa shape index (κ2) is 3.36. The number of anilines is 1. The molecule has 0 saturated heterocycles. The topological polar surface area (TPSA) is 24.9 Å². The number of pyridine rings is 1. The van der Waals surface area contributed by atoms with Crippen molar-refractivity contribution in [3.8, 4) is 0 Å². The Morgan fingerprint density at radius 2 is 2.15 bits per heavy atom. The van der Waals surface area contributed by atoms with Crippen LogP contribution in [0.1, 0.15) is 38.2 Å². The number of nitrogens with zero attached hydrogens (tertiary/aromatic N) is 1. The van der Waals surface area contributed by atoms with E-state index in [4.69, 9.17) is 0 Å². The van der Waals surface area contributed by atoms with E-state index in [1.54, 1.807) is 0 Å². The van der Waals surface area contributed by atoms with Gasteiger partial charge in [0, 0.05) is 12.2 Å². The zero-order valence-corrected chi connectivity index (χ0v) is 8.25. The highest BCUT2D eigenvalue weighted by Crippen LogP contribution is 2.24. The summed E-state index contributed by atoms with van der Waals surface area (Å²) >= 11 is 0. The van der Waals surface area contributed by atoms with Crippen molar-refractivity contribution in [2.45, 2.75) is 38.6 Å². The third-order valence-corrected chi connectivity index (χ3v) is 2.38. The van der Waals surface area contributed by atoms with Gasteiger partial charge in [0.05, 0.1) is 0 Å². The predicted molar refractivity (Wildman–Crippen MR) is 55.0 cm³/mol. The van der Waals surface area contributed by atoms with Crippen molar-refractivity contribution in [1.82, 2.24) is 4.98 Å². The molecule has 0 bridgehead atoms. The normalized spacial score (nSPS) is 16.2. The summed E-state index contributed by atoms with van der Waals surface area (Å²) in [5.41, 5.74) is 1.31. The van der Waals surface area contributed by atoms with Crippen molar-refractivity contribution in [3.63, 3.8) is 0 Å². The van der Waals surface area contributed by atoms with Gasteiger partial charge in [0.1, 0.15) is 5.82 Å². The van der Waals surface area contributed by atoms with Crippen LogP contribution in [0.15, 0.2) is 18.3 Å². The molecule has 2 rings (SSSR count). The summed E-state index contributed by atoms with van der Waals surface area (Å²) < 4.78 is 0. The molecular weight excluding hydrogens is 160 g/mol. The van der Waals surface area contributed by atoms with Crippen LogP contribution in [0.25, 0.3) is 0 Å². The second-order valence-corrected chi connectivity index (χ2v) is 4.05. The molecule has 1 fully saturated rings. The van der Waals surface area contributed by atoms with Gasteiger partial charge in [0.25, 0.3) is 0 Å². The van der Waals surface area contributed by atoms with Crippen LogP contribution in [-0.2, 0) is 0 Å². The van der Waals surface area contributed by atoms with E-state index >= 15 is 0 Å². The summed E-state index contributed by atoms with van der Waals surface area (Å²) in [6.45, 7) is 4.37. The van der Waals surface area contributed by atoms with Crippen LogP contribution in [0.2, 0.25) is 0 Å². The van der Waals surface area contributed by atoms with E-state index in [0.29, 0.717) is 12.0 Å². The Labute approximate surface area is 79.4 Å². The average Bonchev–Trinajstić information content (AvgIpc) is 2.89. The van der Waals surface area contributed by atoms with Gasteiger partial charge in [-0.25, -0.2) is 4.98 Å². The molecule has 0 radical (unpaired) electrons. The van der Waals surface area contributed by atoms with E-state index in [1.165, 1.54) is 18.4 Å². The lowest BCUT2D eigenvalue weighted by molar-refractivity contribution is 0.858. The van der Waals surface area contributed by atoms with Gasteiger partial charge in [0.15, 0.2) is 0 Å². The van der Waals surface area contributed by atoms with Crippen molar-refractivity contribution in [1.29, 1.82) is 0 Å². The minimum Gasteiger partial charge on any atom is -0.367 e. The molecule has 0 amide bonds. The Morgan fingerprint density at radius 1 is 1.38 bits per heavy atom. The smallest absolute Gasteiger partial charge is 0.126 e. The molecule has 0 aliphatic heterocycles. The van der Waals surface area contributed by atoms with Gasteiger partial charge in [-0.15, -0.1) is 0 Å². The molecule has 2 nitrogen and oxygen atoms in total. The van der Waals surface area contributed by atoms with E-state index in [2.05, 4.69) is 36.3 Å². The third-order valence-electron chi connectivity index (χ3n) is 2.38. The molecule has 1 aliphatic rings. The molecule has 13 heavy (non-hydrogen) atoms. The van der Waals surface area contributed by atoms with Gasteiger partial charge >= 0.3 is 0 Å². The van der Waals surface area contributed by atoms with Crippen LogP contribution in [0.4, 0.5) is 5.82 Å². The minimum absolute atomic E-state index is 0.572. The van der Waals surface area contributed by atoms with Crippen molar-refractivity contribution in [2.75, 3.05) is 5.32 Å². The first-order valence-corrected chi connectivity index (χ1v) is 4.98. The third kappa shape index (κ3) is 2.20. The molecule has 1 saturated carbocycles. The highest BCUT2D eigenvalue weighted by Gasteiger charge is 2.20. The molecule has 1 aliphatic carbocycles. The SMILES string of the molecule is CC(C)c1ccc(NC2CC2)nc1. The van der Waals surface area contributed by atoms with Gasteiger partial charge in [-0.2, -0.15) is 0 Å². The van der Waals surface area contributed by atoms with Gasteiger partial charge < -0.3 is 5.32 Å². The predicted octanol–water partition coefficient (Wildman–Crippen LogP) is 2.78. The summed E-state index contributed by atoms with van der Waals surface area (Å²) in [6.07, 6.45) is 4.57. The van der Waals surface area contributed by atoms with Crippen LogP contribution < -0.4 is 5.32 Å². The molecule has 2 heteroatoms. The highest BCUT2D eigenvalue weighted by atomic mass is 15.0. The fourth-order valence-electron chi connectivity index (χ4n) is 1.27. The lowest BCUT2D eigenvalue weighted by atomic mass is 10.1. The molecule has 0 unspecified atom stereocenters. The van der Waals surface area contributed by atoms with Crippen molar-refractivity contribution in [3.05, 3.63) is 23.9 Å². The Bertz CT molecular complexity index is 273. The molecule has 1 N–H and O–H groups in total. The van der Waals surface area contributed by atoms with Gasteiger partial charge in [-0.3, -0.25) is 0 Å². The Kier molecular flexibility index (Phi) is 2.21. The molecule has 0 atom stereocenters. The fraction of sp³-hybridized carbons (Fsp3) is 0.545. The van der Waals surface area contributed by atoms with Crippen molar-refractivity contribution >= 4 is 5.82 Å². The first-order chi connectivity index (χ1) is 6.25. The summed E-state index contributed by atoms with van der Waals surface area (Å²) in [4.78, 5) is 4.37. The maximum Gasteiger partial charge on any atom is 0.126 e. The number of hydrogen-bond acceptors (Lipinski definition) is 2. The van der Waals surface area contributed by atoms with Gasteiger partial charge in [-0.1, -0.05) is 19.9 Å². The molecule has 1 aromatic heterocycles. The van der Waals surface area contributed by atoms with E-state index in [0.717, 1.165) is 5.82 Å². The van der Waals surface area contributed by atoms with E-state index < -0.39 is 0 Å². The number of hydrogen-bond donors (Lipinski definition) is 1. The number of aromatic nitrogens is 1. The molecule has 1 aromatic rings. The van der Waals surface area contributed by atoms with Crippen LogP contribution in [0, 0.1) is 0 Å². The van der Waals surface area contributed by atoms with Crippen LogP contribution >= 0.6 is 0 Å². The van der Waals surface area contributed by atoms with E-state index in [9.17, 15) is 0 Å². The zero-order chi connectivity index (χ0) is 9.26. The highest BCUT2D eigenvalue weighted by molar-refractivity contribution is 5.38. The van der Waals surface area contributed by atoms with Crippen LogP contribution in [0.5, 0.6) is 0 Å². The Morgan fingerprint density at radius 3 is 2.62 bits per heavy atom. The average molecular weight is 176 g/mol. The van der Waals surface area contributed by atoms with Gasteiger partial charge in [0.2, 0.25) is 0 Å². The monoisotopic (exact) mass is 176 g/mol. The summed E-state index contributed by atoms with van der Waals surface area (Å²) in [5, 5.41) is 3.37. The lowest BCUT2D eigenvalue weighted by Gasteiger charge is -2.06. The van der Waals surface area contributed by atoms with Crippen LogP contribution in [0.3, 0.4) is 0 Å². The summed E-state index contributed by atoms with van der Waals surface area (Å²) in [7, 11) is 0. The van der Waals surface area contributed by atoms with Crippen molar-refractivity contribution < 1.29 is 0 Å². The minimum atomic E-state index is 0.572. The first-order valence-electron chi connectivity index (χ1n) is 4.98. The maximum atomic E-state index is 4.37. The molecule has 0 aromatic carbocycles. The molecule has 0 spiro atoms. The largest absolute Gasteiger partial charge is 0.367 e. The molecule has 70 valence electrons. The Balaban J connectivity index is 2.04. The van der Waals surface area contributed by atoms with E-state index in [1.807, 2.05) is 6.20 Å². The standard InChI is InChI=1S/C11H16N2/c1-8(2)9-3-6-11(12-7-9)13-10-4-5-10/h3,6-8,10H,4-5H2,1-2H3,(H,12,13). The van der Waals surface area contributed by atoms with Gasteiger partial charge in [-0.05, 0) is 30.4 Å². The quantitative estimate of drug-likeness (QED) is 0.766. The van der Waals surface area contributed by atoms with E-state index in [-0.39, 0.29) is 0 Å². The summed E-state index contributed by atoms with van der Waals surface area (Å²) in [6, 6.07) is 4.92. The number of nitrogens with one attached hydrogen (secondary N) is 1. The van der Waals surface area contributed by atoms with Crippen molar-refractivity contribution in [2.24, 2.45) is 0 Å². The second-order valence-electron chi connectivity index (χ2n) is 4.05. The first kappa shape index (κ1) is 8.54. The molecule has 1 heterocycles. The summed E-state index contributed by atoms with van der Waals surface area (Å²) in [5.74, 6) is 1.59. The Hall–Kier alpha value is -1.05. The lowest BCUT2D eigenvalue weighted by Crippen LogP contribution is -2.02. The molecular formula is C11H16N2. The van der Waals surface area contributed by atoms with Crippen LogP contribution in [-0.4, -0.2) is 11.0 Å². The zero-order valence-electron chi connectivity index (χ0n) is 8.25. The maximum absolute atomic E-state index is 4.37.